The summed E-state index contributed by atoms with van der Waals surface area (Å²) in [4.78, 5) is 15.4. The summed E-state index contributed by atoms with van der Waals surface area (Å²) >= 11 is 0. The molecule has 4 heteroatoms. The summed E-state index contributed by atoms with van der Waals surface area (Å²) in [6.07, 6.45) is 1.76. The molecule has 0 aliphatic rings. The molecule has 2 rings (SSSR count). The lowest BCUT2D eigenvalue weighted by Crippen LogP contribution is -2.23. The smallest absolute Gasteiger partial charge is 0.304 e. The van der Waals surface area contributed by atoms with Crippen molar-refractivity contribution in [3.8, 4) is 5.75 Å². The van der Waals surface area contributed by atoms with Crippen molar-refractivity contribution in [2.24, 2.45) is 0 Å². The van der Waals surface area contributed by atoms with Crippen LogP contribution in [0.5, 0.6) is 5.75 Å². The Morgan fingerprint density at radius 1 is 1.37 bits per heavy atom. The summed E-state index contributed by atoms with van der Waals surface area (Å²) in [5.74, 6) is -0.0435. The van der Waals surface area contributed by atoms with Gasteiger partial charge in [-0.15, -0.1) is 0 Å². The lowest BCUT2D eigenvalue weighted by Gasteiger charge is -2.23. The molecule has 19 heavy (non-hydrogen) atoms. The van der Waals surface area contributed by atoms with E-state index in [1.54, 1.807) is 13.3 Å². The van der Waals surface area contributed by atoms with Crippen LogP contribution >= 0.6 is 0 Å². The van der Waals surface area contributed by atoms with Gasteiger partial charge in [-0.3, -0.25) is 9.78 Å². The lowest BCUT2D eigenvalue weighted by molar-refractivity contribution is -0.138. The number of benzene rings is 1. The highest BCUT2D eigenvalue weighted by Gasteiger charge is 2.27. The van der Waals surface area contributed by atoms with Crippen molar-refractivity contribution in [1.82, 2.24) is 4.98 Å². The molecule has 0 fully saturated rings. The molecule has 4 nitrogen and oxygen atoms in total. The molecule has 0 saturated heterocycles. The van der Waals surface area contributed by atoms with Gasteiger partial charge in [-0.2, -0.15) is 0 Å². The Bertz CT molecular complexity index is 620. The zero-order valence-electron chi connectivity index (χ0n) is 11.3. The number of methoxy groups -OCH3 is 1. The summed E-state index contributed by atoms with van der Waals surface area (Å²) in [5, 5.41) is 11.0. The van der Waals surface area contributed by atoms with Gasteiger partial charge >= 0.3 is 5.97 Å². The normalized spacial score (nSPS) is 11.5. The van der Waals surface area contributed by atoms with Crippen molar-refractivity contribution in [2.45, 2.75) is 25.7 Å². The van der Waals surface area contributed by atoms with Gasteiger partial charge in [0.15, 0.2) is 0 Å². The van der Waals surface area contributed by atoms with Crippen LogP contribution in [0, 0.1) is 0 Å². The Morgan fingerprint density at radius 2 is 2.11 bits per heavy atom. The van der Waals surface area contributed by atoms with Crippen molar-refractivity contribution >= 4 is 16.7 Å². The molecule has 0 aliphatic heterocycles. The molecule has 2 aromatic rings. The second-order valence-electron chi connectivity index (χ2n) is 5.20. The van der Waals surface area contributed by atoms with Gasteiger partial charge in [0.25, 0.3) is 0 Å². The first-order chi connectivity index (χ1) is 8.94. The largest absolute Gasteiger partial charge is 0.497 e. The van der Waals surface area contributed by atoms with Gasteiger partial charge in [0.05, 0.1) is 19.2 Å². The van der Waals surface area contributed by atoms with E-state index >= 15 is 0 Å². The number of pyridine rings is 1. The maximum Gasteiger partial charge on any atom is 0.304 e. The minimum Gasteiger partial charge on any atom is -0.497 e. The third kappa shape index (κ3) is 2.67. The molecule has 100 valence electrons. The third-order valence-corrected chi connectivity index (χ3v) is 3.21. The highest BCUT2D eigenvalue weighted by molar-refractivity contribution is 5.87. The molecule has 0 unspecified atom stereocenters. The van der Waals surface area contributed by atoms with Crippen molar-refractivity contribution in [2.75, 3.05) is 7.11 Å². The Kier molecular flexibility index (Phi) is 3.42. The predicted molar refractivity (Wildman–Crippen MR) is 73.6 cm³/mol. The predicted octanol–water partition coefficient (Wildman–Crippen LogP) is 3.00. The SMILES string of the molecule is COc1ccc2c(C(C)(C)CC(=O)O)nccc2c1. The van der Waals surface area contributed by atoms with Gasteiger partial charge < -0.3 is 9.84 Å². The summed E-state index contributed by atoms with van der Waals surface area (Å²) in [6, 6.07) is 7.63. The number of carboxylic acid groups (broad SMARTS) is 1. The zero-order chi connectivity index (χ0) is 14.0. The average Bonchev–Trinajstić information content (AvgIpc) is 2.35. The van der Waals surface area contributed by atoms with E-state index in [9.17, 15) is 4.79 Å². The van der Waals surface area contributed by atoms with Crippen LogP contribution in [-0.4, -0.2) is 23.2 Å². The molecule has 1 aromatic carbocycles. The number of aromatic nitrogens is 1. The highest BCUT2D eigenvalue weighted by Crippen LogP contribution is 2.32. The Balaban J connectivity index is 2.58. The van der Waals surface area contributed by atoms with E-state index in [0.717, 1.165) is 22.2 Å². The summed E-state index contributed by atoms with van der Waals surface area (Å²) in [5.41, 5.74) is 0.287. The van der Waals surface area contributed by atoms with E-state index in [2.05, 4.69) is 4.98 Å². The Labute approximate surface area is 112 Å². The first-order valence-corrected chi connectivity index (χ1v) is 6.09. The summed E-state index contributed by atoms with van der Waals surface area (Å²) in [6.45, 7) is 3.79. The monoisotopic (exact) mass is 259 g/mol. The van der Waals surface area contributed by atoms with Crippen LogP contribution in [0.1, 0.15) is 26.0 Å². The number of aliphatic carboxylic acids is 1. The standard InChI is InChI=1S/C15H17NO3/c1-15(2,9-13(17)18)14-12-5-4-11(19-3)8-10(12)6-7-16-14/h4-8H,9H2,1-3H3,(H,17,18). The minimum atomic E-state index is -0.822. The van der Waals surface area contributed by atoms with E-state index in [0.29, 0.717) is 0 Å². The fraction of sp³-hybridized carbons (Fsp3) is 0.333. The number of rotatable bonds is 4. The maximum atomic E-state index is 11.0. The third-order valence-electron chi connectivity index (χ3n) is 3.21. The Morgan fingerprint density at radius 3 is 2.74 bits per heavy atom. The second-order valence-corrected chi connectivity index (χ2v) is 5.20. The lowest BCUT2D eigenvalue weighted by atomic mass is 9.83. The van der Waals surface area contributed by atoms with Gasteiger partial charge in [0, 0.05) is 17.0 Å². The summed E-state index contributed by atoms with van der Waals surface area (Å²) < 4.78 is 5.20. The number of hydrogen-bond acceptors (Lipinski definition) is 3. The van der Waals surface area contributed by atoms with Gasteiger partial charge in [0.1, 0.15) is 5.75 Å². The van der Waals surface area contributed by atoms with Gasteiger partial charge in [0.2, 0.25) is 0 Å². The molecule has 0 atom stereocenters. The van der Waals surface area contributed by atoms with Gasteiger partial charge in [-0.05, 0) is 29.7 Å². The van der Waals surface area contributed by atoms with Crippen LogP contribution in [-0.2, 0) is 10.2 Å². The number of hydrogen-bond donors (Lipinski definition) is 1. The topological polar surface area (TPSA) is 59.4 Å². The highest BCUT2D eigenvalue weighted by atomic mass is 16.5. The van der Waals surface area contributed by atoms with E-state index in [1.807, 2.05) is 38.1 Å². The first-order valence-electron chi connectivity index (χ1n) is 6.09. The molecular formula is C15H17NO3. The molecule has 1 heterocycles. The van der Waals surface area contributed by atoms with Crippen LogP contribution in [0.3, 0.4) is 0 Å². The van der Waals surface area contributed by atoms with E-state index in [4.69, 9.17) is 9.84 Å². The molecule has 0 spiro atoms. The molecule has 0 radical (unpaired) electrons. The molecule has 0 bridgehead atoms. The molecular weight excluding hydrogens is 242 g/mol. The van der Waals surface area contributed by atoms with Crippen LogP contribution in [0.2, 0.25) is 0 Å². The zero-order valence-corrected chi connectivity index (χ0v) is 11.3. The van der Waals surface area contributed by atoms with Crippen LogP contribution in [0.25, 0.3) is 10.8 Å². The van der Waals surface area contributed by atoms with Gasteiger partial charge in [-0.25, -0.2) is 0 Å². The number of ether oxygens (including phenoxy) is 1. The molecule has 1 aromatic heterocycles. The van der Waals surface area contributed by atoms with E-state index in [-0.39, 0.29) is 6.42 Å². The summed E-state index contributed by atoms with van der Waals surface area (Å²) in [7, 11) is 1.62. The van der Waals surface area contributed by atoms with Gasteiger partial charge in [-0.1, -0.05) is 13.8 Å². The van der Waals surface area contributed by atoms with E-state index in [1.165, 1.54) is 0 Å². The van der Waals surface area contributed by atoms with Crippen LogP contribution in [0.15, 0.2) is 30.5 Å². The first kappa shape index (κ1) is 13.3. The number of fused-ring (bicyclic) bond motifs is 1. The molecule has 0 saturated carbocycles. The number of carboxylic acids is 1. The number of carbonyl (C=O) groups is 1. The fourth-order valence-electron chi connectivity index (χ4n) is 2.28. The average molecular weight is 259 g/mol. The Hall–Kier alpha value is -2.10. The van der Waals surface area contributed by atoms with Crippen LogP contribution in [0.4, 0.5) is 0 Å². The van der Waals surface area contributed by atoms with Crippen molar-refractivity contribution in [3.63, 3.8) is 0 Å². The van der Waals surface area contributed by atoms with Crippen molar-refractivity contribution in [3.05, 3.63) is 36.2 Å². The van der Waals surface area contributed by atoms with Crippen molar-refractivity contribution in [1.29, 1.82) is 0 Å². The van der Waals surface area contributed by atoms with Crippen molar-refractivity contribution < 1.29 is 14.6 Å². The minimum absolute atomic E-state index is 0.0468. The fourth-order valence-corrected chi connectivity index (χ4v) is 2.28. The van der Waals surface area contributed by atoms with E-state index < -0.39 is 11.4 Å². The molecule has 0 aliphatic carbocycles. The number of nitrogens with zero attached hydrogens (tertiary/aromatic N) is 1. The quantitative estimate of drug-likeness (QED) is 0.917. The second kappa shape index (κ2) is 4.88. The van der Waals surface area contributed by atoms with Crippen LogP contribution < -0.4 is 4.74 Å². The molecule has 0 amide bonds. The molecule has 1 N–H and O–H groups in total. The maximum absolute atomic E-state index is 11.0.